The first kappa shape index (κ1) is 44.3. The van der Waals surface area contributed by atoms with Crippen LogP contribution in [0.4, 0.5) is 0 Å². The summed E-state index contributed by atoms with van der Waals surface area (Å²) in [6, 6.07) is 0. The van der Waals surface area contributed by atoms with E-state index in [1.54, 1.807) is 0 Å². The van der Waals surface area contributed by atoms with Gasteiger partial charge in [0, 0.05) is 6.42 Å². The average molecular weight is 660 g/mol. The van der Waals surface area contributed by atoms with Crippen LogP contribution in [0.15, 0.2) is 48.6 Å². The Bertz CT molecular complexity index is 820. The lowest BCUT2D eigenvalue weighted by Gasteiger charge is -2.18. The lowest BCUT2D eigenvalue weighted by atomic mass is 10.0. The van der Waals surface area contributed by atoms with Crippen LogP contribution in [0.1, 0.15) is 148 Å². The van der Waals surface area contributed by atoms with E-state index in [1.165, 1.54) is 78.4 Å². The molecule has 0 saturated heterocycles. The Balaban J connectivity index is 4.11. The van der Waals surface area contributed by atoms with Crippen molar-refractivity contribution in [3.8, 4) is 0 Å². The molecule has 270 valence electrons. The van der Waals surface area contributed by atoms with E-state index in [9.17, 15) is 14.4 Å². The fourth-order valence-corrected chi connectivity index (χ4v) is 5.19. The third-order valence-corrected chi connectivity index (χ3v) is 8.06. The Kier molecular flexibility index (Phi) is 32.7. The van der Waals surface area contributed by atoms with Crippen molar-refractivity contribution in [2.75, 3.05) is 34.9 Å². The highest BCUT2D eigenvalue weighted by atomic mass is 16.5. The average Bonchev–Trinajstić information content (AvgIpc) is 3.06. The van der Waals surface area contributed by atoms with Crippen molar-refractivity contribution in [1.82, 2.24) is 4.90 Å². The molecule has 0 fully saturated rings. The molecule has 0 aliphatic carbocycles. The molecule has 7 heteroatoms. The fourth-order valence-electron chi connectivity index (χ4n) is 5.19. The molecule has 0 bridgehead atoms. The van der Waals surface area contributed by atoms with Crippen molar-refractivity contribution >= 4 is 17.9 Å². The third-order valence-electron chi connectivity index (χ3n) is 8.06. The summed E-state index contributed by atoms with van der Waals surface area (Å²) in [6.07, 6.45) is 40.2. The van der Waals surface area contributed by atoms with Gasteiger partial charge in [0.2, 0.25) is 0 Å². The molecule has 0 unspecified atom stereocenters. The zero-order valence-electron chi connectivity index (χ0n) is 30.6. The number of esters is 3. The number of nitrogens with zero attached hydrogens (tertiary/aromatic N) is 1. The molecule has 0 aromatic heterocycles. The van der Waals surface area contributed by atoms with Crippen LogP contribution in [0.25, 0.3) is 0 Å². The normalized spacial score (nSPS) is 12.0. The molecule has 0 atom stereocenters. The monoisotopic (exact) mass is 660 g/mol. The van der Waals surface area contributed by atoms with Gasteiger partial charge in [-0.15, -0.1) is 0 Å². The summed E-state index contributed by atoms with van der Waals surface area (Å²) in [7, 11) is 6.95. The first-order chi connectivity index (χ1) is 22.9. The van der Waals surface area contributed by atoms with E-state index in [0.29, 0.717) is 19.3 Å². The van der Waals surface area contributed by atoms with Gasteiger partial charge in [0.05, 0.1) is 27.1 Å². The summed E-state index contributed by atoms with van der Waals surface area (Å²) >= 11 is 0. The molecule has 0 aliphatic heterocycles. The largest absolute Gasteiger partial charge is 0.469 e. The second-order valence-corrected chi connectivity index (χ2v) is 12.7. The molecule has 0 radical (unpaired) electrons. The van der Waals surface area contributed by atoms with Crippen LogP contribution in [-0.4, -0.2) is 63.8 Å². The van der Waals surface area contributed by atoms with Crippen molar-refractivity contribution in [1.29, 1.82) is 0 Å². The second-order valence-electron chi connectivity index (χ2n) is 12.7. The Labute approximate surface area is 288 Å². The van der Waals surface area contributed by atoms with E-state index in [4.69, 9.17) is 4.74 Å². The number of hydrogen-bond acceptors (Lipinski definition) is 7. The van der Waals surface area contributed by atoms with Gasteiger partial charge in [-0.3, -0.25) is 14.4 Å². The van der Waals surface area contributed by atoms with Gasteiger partial charge in [-0.25, -0.2) is 0 Å². The Morgan fingerprint density at radius 1 is 0.511 bits per heavy atom. The van der Waals surface area contributed by atoms with Crippen LogP contribution in [0.2, 0.25) is 0 Å². The lowest BCUT2D eigenvalue weighted by molar-refractivity contribution is -0.150. The molecular weight excluding hydrogens is 590 g/mol. The highest BCUT2D eigenvalue weighted by Crippen LogP contribution is 2.18. The fraction of sp³-hybridized carbons (Fsp3) is 0.725. The van der Waals surface area contributed by atoms with Crippen molar-refractivity contribution in [2.24, 2.45) is 0 Å². The molecule has 0 aromatic carbocycles. The minimum Gasteiger partial charge on any atom is -0.469 e. The number of hydrogen-bond donors (Lipinski definition) is 0. The topological polar surface area (TPSA) is 82.1 Å². The van der Waals surface area contributed by atoms with Crippen molar-refractivity contribution in [3.63, 3.8) is 0 Å². The Hall–Kier alpha value is -2.67. The van der Waals surface area contributed by atoms with E-state index in [-0.39, 0.29) is 24.0 Å². The molecule has 0 spiro atoms. The van der Waals surface area contributed by atoms with Crippen molar-refractivity contribution in [3.05, 3.63) is 48.6 Å². The number of allylic oxidation sites excluding steroid dienone is 6. The maximum absolute atomic E-state index is 12.6. The second kappa shape index (κ2) is 34.7. The highest BCUT2D eigenvalue weighted by molar-refractivity contribution is 5.71. The quantitative estimate of drug-likeness (QED) is 0.0308. The van der Waals surface area contributed by atoms with Crippen LogP contribution >= 0.6 is 0 Å². The lowest BCUT2D eigenvalue weighted by Crippen LogP contribution is -2.19. The van der Waals surface area contributed by atoms with Crippen LogP contribution < -0.4 is 0 Å². The predicted octanol–water partition coefficient (Wildman–Crippen LogP) is 10.0. The SMILES string of the molecule is COC(=O)C/C=C\C/C=C\CCCCCCCCC(CCCCCCCC/C=C\C/C=C\CC(=O)OC)OC(=O)CCCCN(C)C. The Morgan fingerprint density at radius 2 is 0.936 bits per heavy atom. The van der Waals surface area contributed by atoms with E-state index in [2.05, 4.69) is 52.8 Å². The molecule has 7 nitrogen and oxygen atoms in total. The molecule has 0 aliphatic rings. The minimum absolute atomic E-state index is 0.0206. The predicted molar refractivity (Wildman–Crippen MR) is 195 cm³/mol. The number of carbonyl (C=O) groups excluding carboxylic acids is 3. The maximum Gasteiger partial charge on any atom is 0.309 e. The Morgan fingerprint density at radius 3 is 1.38 bits per heavy atom. The standard InChI is InChI=1S/C40H69NO6/c1-41(2)36-30-29-35-40(44)47-37(31-25-21-17-13-9-5-7-11-15-19-23-27-33-38(42)45-3)32-26-22-18-14-10-6-8-12-16-20-24-28-34-39(43)46-4/h11-12,15-16,23-24,27-28,37H,5-10,13-14,17-22,25-26,29-36H2,1-4H3/b15-11-,16-12-,27-23-,28-24-. The van der Waals surface area contributed by atoms with Gasteiger partial charge in [0.15, 0.2) is 0 Å². The summed E-state index contributed by atoms with van der Waals surface area (Å²) in [6.45, 7) is 1.01. The van der Waals surface area contributed by atoms with Crippen LogP contribution in [0.3, 0.4) is 0 Å². The first-order valence-corrected chi connectivity index (χ1v) is 18.5. The number of rotatable bonds is 32. The van der Waals surface area contributed by atoms with Gasteiger partial charge in [-0.05, 0) is 97.7 Å². The van der Waals surface area contributed by atoms with Crippen LogP contribution in [0, 0.1) is 0 Å². The van der Waals surface area contributed by atoms with Gasteiger partial charge in [-0.2, -0.15) is 0 Å². The van der Waals surface area contributed by atoms with Crippen molar-refractivity contribution in [2.45, 2.75) is 154 Å². The first-order valence-electron chi connectivity index (χ1n) is 18.5. The van der Waals surface area contributed by atoms with Gasteiger partial charge in [0.25, 0.3) is 0 Å². The number of ether oxygens (including phenoxy) is 3. The summed E-state index contributed by atoms with van der Waals surface area (Å²) in [5.41, 5.74) is 0. The summed E-state index contributed by atoms with van der Waals surface area (Å²) in [5.74, 6) is -0.424. The zero-order valence-corrected chi connectivity index (χ0v) is 30.6. The van der Waals surface area contributed by atoms with E-state index >= 15 is 0 Å². The van der Waals surface area contributed by atoms with E-state index < -0.39 is 0 Å². The summed E-state index contributed by atoms with van der Waals surface area (Å²) < 4.78 is 15.2. The summed E-state index contributed by atoms with van der Waals surface area (Å²) in [4.78, 5) is 36.9. The highest BCUT2D eigenvalue weighted by Gasteiger charge is 2.14. The molecule has 47 heavy (non-hydrogen) atoms. The smallest absolute Gasteiger partial charge is 0.309 e. The van der Waals surface area contributed by atoms with Crippen LogP contribution in [0.5, 0.6) is 0 Å². The molecule has 0 N–H and O–H groups in total. The van der Waals surface area contributed by atoms with E-state index in [1.807, 2.05) is 24.3 Å². The summed E-state index contributed by atoms with van der Waals surface area (Å²) in [5, 5.41) is 0. The number of unbranched alkanes of at least 4 members (excludes halogenated alkanes) is 13. The third kappa shape index (κ3) is 34.5. The molecule has 0 amide bonds. The molecule has 0 saturated carbocycles. The van der Waals surface area contributed by atoms with Gasteiger partial charge >= 0.3 is 17.9 Å². The minimum atomic E-state index is -0.202. The van der Waals surface area contributed by atoms with Crippen LogP contribution in [-0.2, 0) is 28.6 Å². The number of methoxy groups -OCH3 is 2. The maximum atomic E-state index is 12.6. The zero-order chi connectivity index (χ0) is 34.6. The van der Waals surface area contributed by atoms with Gasteiger partial charge in [-0.1, -0.05) is 100.0 Å². The van der Waals surface area contributed by atoms with Gasteiger partial charge < -0.3 is 19.1 Å². The molecule has 0 aromatic rings. The molecule has 0 heterocycles. The van der Waals surface area contributed by atoms with Crippen molar-refractivity contribution < 1.29 is 28.6 Å². The molecule has 0 rings (SSSR count). The van der Waals surface area contributed by atoms with Gasteiger partial charge in [0.1, 0.15) is 6.10 Å². The van der Waals surface area contributed by atoms with E-state index in [0.717, 1.165) is 70.8 Å². The number of carbonyl (C=O) groups is 3. The molecular formula is C40H69NO6.